The van der Waals surface area contributed by atoms with E-state index >= 15 is 0 Å². The van der Waals surface area contributed by atoms with E-state index in [1.807, 2.05) is 0 Å². The van der Waals surface area contributed by atoms with Gasteiger partial charge in [0.2, 0.25) is 0 Å². The molecule has 0 amide bonds. The van der Waals surface area contributed by atoms with E-state index in [1.54, 1.807) is 37.3 Å². The molecule has 0 aromatic heterocycles. The van der Waals surface area contributed by atoms with Crippen molar-refractivity contribution in [3.05, 3.63) is 128 Å². The number of benzene rings is 4. The number of aliphatic imine (C=N–C) groups is 1. The molecule has 0 aliphatic rings. The lowest BCUT2D eigenvalue weighted by molar-refractivity contribution is -0.388. The van der Waals surface area contributed by atoms with Crippen LogP contribution in [0.15, 0.2) is 112 Å². The molecule has 1 atom stereocenters. The first-order valence-electron chi connectivity index (χ1n) is 13.1. The SMILES string of the molecule is C[C@H](CO)N=Cc1ccccc1NS(=O)(=O)c1ccccc1[N+](=O)[O-].O=Cc1ccccc1NS(=O)(=O)c1ccccc1[N+](=O)[O-]. The van der Waals surface area contributed by atoms with Crippen molar-refractivity contribution >= 4 is 55.3 Å². The number of sulfonamides is 2. The molecule has 0 aliphatic carbocycles. The zero-order valence-corrected chi connectivity index (χ0v) is 25.6. The number of nitrogens with one attached hydrogen (secondary N) is 2. The fourth-order valence-electron chi connectivity index (χ4n) is 3.72. The minimum atomic E-state index is -4.17. The molecule has 0 spiro atoms. The van der Waals surface area contributed by atoms with Crippen LogP contribution < -0.4 is 9.44 Å². The Hall–Kier alpha value is -5.52. The molecule has 3 N–H and O–H groups in total. The maximum absolute atomic E-state index is 12.6. The molecule has 46 heavy (non-hydrogen) atoms. The molecule has 4 rings (SSSR count). The van der Waals surface area contributed by atoms with Crippen LogP contribution >= 0.6 is 0 Å². The molecular weight excluding hydrogens is 642 g/mol. The van der Waals surface area contributed by atoms with Crippen LogP contribution in [-0.2, 0) is 20.0 Å². The number of anilines is 2. The molecule has 17 heteroatoms. The number of nitro benzene ring substituents is 2. The number of rotatable bonds is 12. The Morgan fingerprint density at radius 2 is 1.11 bits per heavy atom. The summed E-state index contributed by atoms with van der Waals surface area (Å²) in [6.07, 6.45) is 1.94. The standard InChI is InChI=1S/C16H17N3O5S.C13H10N2O5S/c1-12(11-20)17-10-13-6-2-3-7-14(13)18-25(23,24)16-9-5-4-8-15(16)19(21)22;16-9-10-5-1-2-6-11(10)14-21(19,20)13-8-4-3-7-12(13)15(17)18/h2-10,12,18,20H,11H2,1H3;1-9,14H/t12-;/m1./s1. The highest BCUT2D eigenvalue weighted by atomic mass is 32.2. The normalized spacial score (nSPS) is 12.0. The molecule has 15 nitrogen and oxygen atoms in total. The summed E-state index contributed by atoms with van der Waals surface area (Å²) < 4.78 is 54.2. The summed E-state index contributed by atoms with van der Waals surface area (Å²) in [5, 5.41) is 31.0. The molecule has 0 bridgehead atoms. The van der Waals surface area contributed by atoms with Crippen molar-refractivity contribution in [2.75, 3.05) is 16.1 Å². The van der Waals surface area contributed by atoms with Gasteiger partial charge in [-0.05, 0) is 37.3 Å². The second-order valence-electron chi connectivity index (χ2n) is 9.26. The molecule has 0 fully saturated rings. The predicted molar refractivity (Wildman–Crippen MR) is 170 cm³/mol. The molecular formula is C29H27N5O10S2. The summed E-state index contributed by atoms with van der Waals surface area (Å²) in [5.74, 6) is 0. The van der Waals surface area contributed by atoms with Gasteiger partial charge in [-0.2, -0.15) is 0 Å². The van der Waals surface area contributed by atoms with Gasteiger partial charge in [-0.15, -0.1) is 0 Å². The zero-order valence-electron chi connectivity index (χ0n) is 24.0. The van der Waals surface area contributed by atoms with Gasteiger partial charge in [0.15, 0.2) is 16.1 Å². The van der Waals surface area contributed by atoms with Crippen LogP contribution in [0.5, 0.6) is 0 Å². The lowest BCUT2D eigenvalue weighted by Crippen LogP contribution is -2.16. The Labute approximate surface area is 263 Å². The number of aliphatic hydroxyl groups excluding tert-OH is 1. The van der Waals surface area contributed by atoms with E-state index in [0.717, 1.165) is 18.2 Å². The Balaban J connectivity index is 0.000000254. The monoisotopic (exact) mass is 669 g/mol. The van der Waals surface area contributed by atoms with Crippen molar-refractivity contribution in [3.63, 3.8) is 0 Å². The van der Waals surface area contributed by atoms with E-state index in [0.29, 0.717) is 11.8 Å². The third-order valence-electron chi connectivity index (χ3n) is 5.97. The number of aliphatic hydroxyl groups is 1. The van der Waals surface area contributed by atoms with Crippen LogP contribution in [0.4, 0.5) is 22.7 Å². The van der Waals surface area contributed by atoms with Crippen molar-refractivity contribution < 1.29 is 36.6 Å². The number of carbonyl (C=O) groups excluding carboxylic acids is 1. The summed E-state index contributed by atoms with van der Waals surface area (Å²) in [6.45, 7) is 1.57. The Bertz CT molecular complexity index is 1980. The molecule has 4 aromatic rings. The van der Waals surface area contributed by atoms with E-state index in [2.05, 4.69) is 14.4 Å². The number of nitro groups is 2. The molecule has 0 aliphatic heterocycles. The minimum absolute atomic E-state index is 0.0608. The van der Waals surface area contributed by atoms with Crippen LogP contribution in [0, 0.1) is 20.2 Å². The van der Waals surface area contributed by atoms with Crippen molar-refractivity contribution in [3.8, 4) is 0 Å². The van der Waals surface area contributed by atoms with Crippen LogP contribution in [0.1, 0.15) is 22.8 Å². The van der Waals surface area contributed by atoms with Gasteiger partial charge in [0.25, 0.3) is 31.4 Å². The van der Waals surface area contributed by atoms with Crippen molar-refractivity contribution in [2.45, 2.75) is 22.8 Å². The van der Waals surface area contributed by atoms with Crippen molar-refractivity contribution in [1.82, 2.24) is 0 Å². The molecule has 0 saturated heterocycles. The number of aldehydes is 1. The maximum Gasteiger partial charge on any atom is 0.289 e. The Kier molecular flexibility index (Phi) is 11.8. The summed E-state index contributed by atoms with van der Waals surface area (Å²) in [5.41, 5.74) is -0.131. The van der Waals surface area contributed by atoms with E-state index < -0.39 is 51.1 Å². The van der Waals surface area contributed by atoms with Gasteiger partial charge < -0.3 is 5.11 Å². The predicted octanol–water partition coefficient (Wildman–Crippen LogP) is 4.40. The number of carbonyl (C=O) groups is 1. The van der Waals surface area contributed by atoms with E-state index in [1.165, 1.54) is 54.7 Å². The molecule has 4 aromatic carbocycles. The molecule has 0 heterocycles. The van der Waals surface area contributed by atoms with Gasteiger partial charge in [0, 0.05) is 29.5 Å². The topological polar surface area (TPSA) is 228 Å². The Morgan fingerprint density at radius 3 is 1.54 bits per heavy atom. The lowest BCUT2D eigenvalue weighted by Gasteiger charge is -2.11. The van der Waals surface area contributed by atoms with Crippen LogP contribution in [0.25, 0.3) is 0 Å². The minimum Gasteiger partial charge on any atom is -0.394 e. The maximum atomic E-state index is 12.6. The molecule has 0 radical (unpaired) electrons. The lowest BCUT2D eigenvalue weighted by atomic mass is 10.2. The Morgan fingerprint density at radius 1 is 0.717 bits per heavy atom. The summed E-state index contributed by atoms with van der Waals surface area (Å²) in [6, 6.07) is 22.2. The molecule has 0 saturated carbocycles. The van der Waals surface area contributed by atoms with Gasteiger partial charge >= 0.3 is 0 Å². The average molecular weight is 670 g/mol. The number of nitrogens with zero attached hydrogens (tertiary/aromatic N) is 3. The van der Waals surface area contributed by atoms with Crippen molar-refractivity contribution in [1.29, 1.82) is 0 Å². The first kappa shape index (κ1) is 35.0. The third kappa shape index (κ3) is 9.00. The van der Waals surface area contributed by atoms with Crippen LogP contribution in [0.2, 0.25) is 0 Å². The van der Waals surface area contributed by atoms with Gasteiger partial charge in [0.05, 0.1) is 33.9 Å². The number of hydrogen-bond donors (Lipinski definition) is 3. The first-order valence-corrected chi connectivity index (χ1v) is 16.1. The third-order valence-corrected chi connectivity index (χ3v) is 8.80. The zero-order chi connectivity index (χ0) is 33.9. The largest absolute Gasteiger partial charge is 0.394 e. The average Bonchev–Trinajstić information content (AvgIpc) is 3.04. The second kappa shape index (κ2) is 15.5. The fraction of sp³-hybridized carbons (Fsp3) is 0.103. The van der Waals surface area contributed by atoms with Gasteiger partial charge in [-0.25, -0.2) is 16.8 Å². The van der Waals surface area contributed by atoms with E-state index in [4.69, 9.17) is 5.11 Å². The molecule has 240 valence electrons. The highest BCUT2D eigenvalue weighted by Crippen LogP contribution is 2.27. The number of hydrogen-bond acceptors (Lipinski definition) is 11. The van der Waals surface area contributed by atoms with Crippen molar-refractivity contribution in [2.24, 2.45) is 4.99 Å². The first-order chi connectivity index (χ1) is 21.8. The van der Waals surface area contributed by atoms with E-state index in [9.17, 15) is 41.9 Å². The van der Waals surface area contributed by atoms with Crippen LogP contribution in [0.3, 0.4) is 0 Å². The van der Waals surface area contributed by atoms with Gasteiger partial charge in [-0.3, -0.25) is 39.5 Å². The van der Waals surface area contributed by atoms with Crippen LogP contribution in [-0.4, -0.2) is 56.9 Å². The summed E-state index contributed by atoms with van der Waals surface area (Å²) in [4.78, 5) is 34.5. The number of para-hydroxylation sites is 4. The second-order valence-corrected chi connectivity index (χ2v) is 12.6. The summed E-state index contributed by atoms with van der Waals surface area (Å²) in [7, 11) is -8.33. The smallest absolute Gasteiger partial charge is 0.289 e. The molecule has 0 unspecified atom stereocenters. The van der Waals surface area contributed by atoms with Gasteiger partial charge in [0.1, 0.15) is 0 Å². The van der Waals surface area contributed by atoms with Gasteiger partial charge in [-0.1, -0.05) is 54.6 Å². The fourth-order valence-corrected chi connectivity index (χ4v) is 6.24. The van der Waals surface area contributed by atoms with E-state index in [-0.39, 0.29) is 29.6 Å². The summed E-state index contributed by atoms with van der Waals surface area (Å²) >= 11 is 0. The highest BCUT2D eigenvalue weighted by Gasteiger charge is 2.27. The quantitative estimate of drug-likeness (QED) is 0.0833. The highest BCUT2D eigenvalue weighted by molar-refractivity contribution is 7.93.